The first-order chi connectivity index (χ1) is 9.24. The Balaban J connectivity index is 2.21. The van der Waals surface area contributed by atoms with Gasteiger partial charge in [0.25, 0.3) is 0 Å². The number of nitrogens with one attached hydrogen (secondary N) is 1. The Morgan fingerprint density at radius 1 is 1.35 bits per heavy atom. The second-order valence-electron chi connectivity index (χ2n) is 5.67. The number of hydrogen-bond acceptors (Lipinski definition) is 4. The third kappa shape index (κ3) is 2.74. The van der Waals surface area contributed by atoms with Crippen molar-refractivity contribution in [2.45, 2.75) is 44.1 Å². The van der Waals surface area contributed by atoms with Gasteiger partial charge in [0.2, 0.25) is 5.91 Å². The molecule has 2 atom stereocenters. The Hall–Kier alpha value is -1.33. The van der Waals surface area contributed by atoms with Crippen LogP contribution in [0.15, 0.2) is 35.3 Å². The lowest BCUT2D eigenvalue weighted by Crippen LogP contribution is -2.50. The standard InChI is InChI=1S/C15H20N2O2S/c1-10(11-8-6-5-7-9-11)16-13-17-12(18)15(4,20-13)14(2,3)19/h5-10,19H,1-4H3,(H,16,17,18)/t10-,15?/m0/s1. The monoisotopic (exact) mass is 292 g/mol. The predicted molar refractivity (Wildman–Crippen MR) is 82.7 cm³/mol. The van der Waals surface area contributed by atoms with Crippen LogP contribution in [0, 0.1) is 0 Å². The minimum Gasteiger partial charge on any atom is -0.388 e. The number of thioether (sulfide) groups is 1. The fourth-order valence-electron chi connectivity index (χ4n) is 1.92. The number of amidine groups is 1. The van der Waals surface area contributed by atoms with E-state index in [1.54, 1.807) is 20.8 Å². The van der Waals surface area contributed by atoms with Crippen molar-refractivity contribution in [2.75, 3.05) is 0 Å². The molecule has 0 bridgehead atoms. The largest absolute Gasteiger partial charge is 0.388 e. The van der Waals surface area contributed by atoms with Crippen molar-refractivity contribution < 1.29 is 9.90 Å². The molecule has 108 valence electrons. The van der Waals surface area contributed by atoms with Gasteiger partial charge < -0.3 is 10.4 Å². The van der Waals surface area contributed by atoms with Crippen LogP contribution in [0.3, 0.4) is 0 Å². The summed E-state index contributed by atoms with van der Waals surface area (Å²) in [4.78, 5) is 16.6. The lowest BCUT2D eigenvalue weighted by atomic mass is 9.91. The maximum atomic E-state index is 12.1. The molecule has 20 heavy (non-hydrogen) atoms. The number of nitrogens with zero attached hydrogens (tertiary/aromatic N) is 1. The Labute approximate surface area is 123 Å². The van der Waals surface area contributed by atoms with Crippen LogP contribution >= 0.6 is 11.8 Å². The molecular formula is C15H20N2O2S. The van der Waals surface area contributed by atoms with Crippen molar-refractivity contribution in [1.82, 2.24) is 5.32 Å². The highest BCUT2D eigenvalue weighted by molar-refractivity contribution is 8.16. The van der Waals surface area contributed by atoms with Crippen LogP contribution in [0.4, 0.5) is 0 Å². The van der Waals surface area contributed by atoms with E-state index < -0.39 is 10.3 Å². The fraction of sp³-hybridized carbons (Fsp3) is 0.467. The predicted octanol–water partition coefficient (Wildman–Crippen LogP) is 2.50. The van der Waals surface area contributed by atoms with Crippen molar-refractivity contribution in [3.8, 4) is 0 Å². The zero-order valence-electron chi connectivity index (χ0n) is 12.2. The van der Waals surface area contributed by atoms with Crippen molar-refractivity contribution in [2.24, 2.45) is 4.99 Å². The lowest BCUT2D eigenvalue weighted by Gasteiger charge is -2.32. The van der Waals surface area contributed by atoms with Gasteiger partial charge in [0.05, 0.1) is 11.6 Å². The smallest absolute Gasteiger partial charge is 0.245 e. The molecular weight excluding hydrogens is 272 g/mol. The van der Waals surface area contributed by atoms with Gasteiger partial charge in [0, 0.05) is 0 Å². The van der Waals surface area contributed by atoms with Crippen molar-refractivity contribution in [1.29, 1.82) is 0 Å². The topological polar surface area (TPSA) is 61.7 Å². The molecule has 1 aliphatic heterocycles. The van der Waals surface area contributed by atoms with E-state index in [1.165, 1.54) is 11.8 Å². The van der Waals surface area contributed by atoms with Gasteiger partial charge in [-0.05, 0) is 33.3 Å². The summed E-state index contributed by atoms with van der Waals surface area (Å²) < 4.78 is -0.914. The molecule has 1 amide bonds. The minimum atomic E-state index is -1.12. The molecule has 5 heteroatoms. The molecule has 1 aromatic carbocycles. The molecule has 0 aliphatic carbocycles. The molecule has 4 nitrogen and oxygen atoms in total. The van der Waals surface area contributed by atoms with E-state index in [0.29, 0.717) is 5.17 Å². The van der Waals surface area contributed by atoms with Gasteiger partial charge in [-0.15, -0.1) is 0 Å². The van der Waals surface area contributed by atoms with Crippen LogP contribution in [0.25, 0.3) is 0 Å². The second-order valence-corrected chi connectivity index (χ2v) is 7.08. The summed E-state index contributed by atoms with van der Waals surface area (Å²) in [5.41, 5.74) is -0.0265. The normalized spacial score (nSPS) is 26.6. The molecule has 0 aromatic heterocycles. The first kappa shape index (κ1) is 15.1. The number of benzene rings is 1. The molecule has 2 rings (SSSR count). The van der Waals surface area contributed by atoms with Crippen molar-refractivity contribution >= 4 is 22.8 Å². The maximum absolute atomic E-state index is 12.1. The average Bonchev–Trinajstić information content (AvgIpc) is 2.66. The summed E-state index contributed by atoms with van der Waals surface area (Å²) in [6, 6.07) is 9.86. The number of hydrogen-bond donors (Lipinski definition) is 2. The molecule has 1 aliphatic rings. The van der Waals surface area contributed by atoms with Gasteiger partial charge in [-0.1, -0.05) is 42.1 Å². The zero-order valence-corrected chi connectivity index (χ0v) is 13.0. The van der Waals surface area contributed by atoms with Crippen molar-refractivity contribution in [3.63, 3.8) is 0 Å². The summed E-state index contributed by atoms with van der Waals surface area (Å²) >= 11 is 1.29. The van der Waals surface area contributed by atoms with E-state index in [1.807, 2.05) is 37.3 Å². The molecule has 1 heterocycles. The van der Waals surface area contributed by atoms with Gasteiger partial charge in [0.1, 0.15) is 4.75 Å². The highest BCUT2D eigenvalue weighted by Crippen LogP contribution is 2.41. The molecule has 0 spiro atoms. The summed E-state index contributed by atoms with van der Waals surface area (Å²) in [6.07, 6.45) is 0. The number of aliphatic imine (C=N–C) groups is 1. The van der Waals surface area contributed by atoms with Crippen LogP contribution in [0.2, 0.25) is 0 Å². The number of carbonyl (C=O) groups is 1. The molecule has 1 aromatic rings. The average molecular weight is 292 g/mol. The SMILES string of the molecule is C[C@H](N=C1NC(=O)C(C)(C(C)(C)O)S1)c1ccccc1. The number of carbonyl (C=O) groups excluding carboxylic acids is 1. The van der Waals surface area contributed by atoms with Gasteiger partial charge in [-0.2, -0.15) is 0 Å². The van der Waals surface area contributed by atoms with E-state index in [9.17, 15) is 9.90 Å². The van der Waals surface area contributed by atoms with Gasteiger partial charge >= 0.3 is 0 Å². The summed E-state index contributed by atoms with van der Waals surface area (Å²) in [5, 5.41) is 13.5. The highest BCUT2D eigenvalue weighted by atomic mass is 32.2. The number of aliphatic hydroxyl groups is 1. The van der Waals surface area contributed by atoms with E-state index in [0.717, 1.165) is 5.56 Å². The lowest BCUT2D eigenvalue weighted by molar-refractivity contribution is -0.126. The third-order valence-corrected chi connectivity index (χ3v) is 5.21. The Morgan fingerprint density at radius 2 is 1.95 bits per heavy atom. The molecule has 0 saturated carbocycles. The first-order valence-electron chi connectivity index (χ1n) is 6.59. The van der Waals surface area contributed by atoms with Crippen LogP contribution < -0.4 is 5.32 Å². The fourth-order valence-corrected chi connectivity index (χ4v) is 3.06. The summed E-state index contributed by atoms with van der Waals surface area (Å²) in [5.74, 6) is -0.200. The van der Waals surface area contributed by atoms with E-state index in [-0.39, 0.29) is 11.9 Å². The first-order valence-corrected chi connectivity index (χ1v) is 7.41. The number of rotatable bonds is 3. The van der Waals surface area contributed by atoms with Gasteiger partial charge in [-0.25, -0.2) is 0 Å². The van der Waals surface area contributed by atoms with Crippen LogP contribution in [-0.2, 0) is 4.79 Å². The maximum Gasteiger partial charge on any atom is 0.245 e. The summed E-state index contributed by atoms with van der Waals surface area (Å²) in [7, 11) is 0. The van der Waals surface area contributed by atoms with Crippen LogP contribution in [-0.4, -0.2) is 26.5 Å². The summed E-state index contributed by atoms with van der Waals surface area (Å²) in [6.45, 7) is 7.00. The Bertz CT molecular complexity index is 537. The van der Waals surface area contributed by atoms with E-state index >= 15 is 0 Å². The zero-order chi connectivity index (χ0) is 15.0. The molecule has 1 fully saturated rings. The second kappa shape index (κ2) is 5.22. The molecule has 2 N–H and O–H groups in total. The van der Waals surface area contributed by atoms with Crippen molar-refractivity contribution in [3.05, 3.63) is 35.9 Å². The molecule has 1 unspecified atom stereocenters. The van der Waals surface area contributed by atoms with Crippen LogP contribution in [0.5, 0.6) is 0 Å². The quantitative estimate of drug-likeness (QED) is 0.900. The Morgan fingerprint density at radius 3 is 2.45 bits per heavy atom. The highest BCUT2D eigenvalue weighted by Gasteiger charge is 2.52. The van der Waals surface area contributed by atoms with E-state index in [4.69, 9.17) is 0 Å². The van der Waals surface area contributed by atoms with E-state index in [2.05, 4.69) is 10.3 Å². The molecule has 0 radical (unpaired) electrons. The molecule has 1 saturated heterocycles. The van der Waals surface area contributed by atoms with Crippen LogP contribution in [0.1, 0.15) is 39.3 Å². The minimum absolute atomic E-state index is 0.0387. The number of amides is 1. The Kier molecular flexibility index (Phi) is 3.93. The van der Waals surface area contributed by atoms with Gasteiger partial charge in [-0.3, -0.25) is 9.79 Å². The van der Waals surface area contributed by atoms with Gasteiger partial charge in [0.15, 0.2) is 5.17 Å². The third-order valence-electron chi connectivity index (χ3n) is 3.71.